The molecule has 0 fully saturated rings. The Morgan fingerprint density at radius 3 is 2.22 bits per heavy atom. The highest BCUT2D eigenvalue weighted by Gasteiger charge is 2.36. The van der Waals surface area contributed by atoms with Gasteiger partial charge in [0.25, 0.3) is 11.8 Å². The van der Waals surface area contributed by atoms with Crippen LogP contribution in [0.1, 0.15) is 40.1 Å². The third-order valence-electron chi connectivity index (χ3n) is 3.47. The number of benzene rings is 2. The molecule has 2 amide bonds. The number of carbonyl (C=O) groups is 2. The molecule has 3 rings (SSSR count). The lowest BCUT2D eigenvalue weighted by molar-refractivity contribution is 0.0926. The third-order valence-corrected chi connectivity index (χ3v) is 6.44. The summed E-state index contributed by atoms with van der Waals surface area (Å²) in [6, 6.07) is 12.9. The molecule has 0 unspecified atom stereocenters. The lowest BCUT2D eigenvalue weighted by Gasteiger charge is -2.14. The lowest BCUT2D eigenvalue weighted by atomic mass is 10.1. The van der Waals surface area contributed by atoms with Crippen LogP contribution >= 0.6 is 21.6 Å². The van der Waals surface area contributed by atoms with Crippen molar-refractivity contribution >= 4 is 39.1 Å². The van der Waals surface area contributed by atoms with Gasteiger partial charge in [-0.3, -0.25) is 9.59 Å². The van der Waals surface area contributed by atoms with E-state index in [4.69, 9.17) is 0 Å². The van der Waals surface area contributed by atoms with E-state index in [9.17, 15) is 9.59 Å². The van der Waals surface area contributed by atoms with Crippen molar-refractivity contribution < 1.29 is 9.59 Å². The van der Waals surface area contributed by atoms with Crippen LogP contribution in [0.2, 0.25) is 0 Å². The normalized spacial score (nSPS) is 13.8. The first-order chi connectivity index (χ1) is 11.0. The van der Waals surface area contributed by atoms with Gasteiger partial charge < -0.3 is 0 Å². The van der Waals surface area contributed by atoms with Crippen molar-refractivity contribution in [3.63, 3.8) is 0 Å². The van der Waals surface area contributed by atoms with Crippen molar-refractivity contribution in [1.29, 1.82) is 0 Å². The first-order valence-electron chi connectivity index (χ1n) is 7.40. The molecular formula is C18H17NO2S2. The molecule has 2 aromatic carbocycles. The molecule has 3 nitrogen and oxygen atoms in total. The van der Waals surface area contributed by atoms with Crippen LogP contribution in [0.15, 0.2) is 47.4 Å². The maximum Gasteiger partial charge on any atom is 0.266 e. The average molecular weight is 343 g/mol. The summed E-state index contributed by atoms with van der Waals surface area (Å²) in [6.07, 6.45) is 0. The highest BCUT2D eigenvalue weighted by molar-refractivity contribution is 8.76. The molecule has 0 bridgehead atoms. The summed E-state index contributed by atoms with van der Waals surface area (Å²) < 4.78 is 0. The van der Waals surface area contributed by atoms with Gasteiger partial charge in [-0.1, -0.05) is 47.1 Å². The van der Waals surface area contributed by atoms with E-state index in [2.05, 4.69) is 13.8 Å². The van der Waals surface area contributed by atoms with Gasteiger partial charge >= 0.3 is 0 Å². The molecule has 1 aliphatic heterocycles. The smallest absolute Gasteiger partial charge is 0.266 e. The zero-order chi connectivity index (χ0) is 16.6. The van der Waals surface area contributed by atoms with Gasteiger partial charge in [0.15, 0.2) is 0 Å². The summed E-state index contributed by atoms with van der Waals surface area (Å²) in [5.41, 5.74) is 2.56. The van der Waals surface area contributed by atoms with Gasteiger partial charge in [-0.15, -0.1) is 0 Å². The number of hydrogen-bond donors (Lipinski definition) is 0. The summed E-state index contributed by atoms with van der Waals surface area (Å²) in [7, 11) is 3.48. The number of rotatable bonds is 4. The average Bonchev–Trinajstić information content (AvgIpc) is 2.77. The van der Waals surface area contributed by atoms with Gasteiger partial charge in [0, 0.05) is 10.1 Å². The van der Waals surface area contributed by atoms with Crippen LogP contribution in [0, 0.1) is 6.92 Å². The zero-order valence-corrected chi connectivity index (χ0v) is 14.8. The Kier molecular flexibility index (Phi) is 4.50. The number of imide groups is 1. The first kappa shape index (κ1) is 16.1. The van der Waals surface area contributed by atoms with Crippen molar-refractivity contribution in [2.45, 2.75) is 30.9 Å². The summed E-state index contributed by atoms with van der Waals surface area (Å²) >= 11 is 0. The zero-order valence-electron chi connectivity index (χ0n) is 13.2. The second-order valence-corrected chi connectivity index (χ2v) is 8.57. The van der Waals surface area contributed by atoms with Gasteiger partial charge in [-0.25, -0.2) is 4.90 Å². The maximum absolute atomic E-state index is 12.6. The molecule has 2 aromatic rings. The first-order valence-corrected chi connectivity index (χ1v) is 9.61. The number of amides is 2. The molecule has 0 aliphatic carbocycles. The summed E-state index contributed by atoms with van der Waals surface area (Å²) in [4.78, 5) is 27.4. The maximum atomic E-state index is 12.6. The number of nitrogens with zero attached hydrogens (tertiary/aromatic N) is 1. The standard InChI is InChI=1S/C18H17NO2S2/c1-11(2)22-23-14-7-5-13(6-8-14)19-17(20)15-9-4-12(3)10-16(15)18(19)21/h4-11H,1-3H3. The summed E-state index contributed by atoms with van der Waals surface area (Å²) in [6.45, 7) is 6.21. The minimum absolute atomic E-state index is 0.245. The van der Waals surface area contributed by atoms with Gasteiger partial charge in [0.1, 0.15) is 0 Å². The highest BCUT2D eigenvalue weighted by atomic mass is 33.1. The molecule has 0 aromatic heterocycles. The summed E-state index contributed by atoms with van der Waals surface area (Å²) in [5.74, 6) is -0.493. The minimum atomic E-state index is -0.248. The predicted molar refractivity (Wildman–Crippen MR) is 97.3 cm³/mol. The fraction of sp³-hybridized carbons (Fsp3) is 0.222. The van der Waals surface area contributed by atoms with Gasteiger partial charge in [-0.05, 0) is 43.3 Å². The Hall–Kier alpha value is -1.72. The van der Waals surface area contributed by atoms with Crippen molar-refractivity contribution in [2.24, 2.45) is 0 Å². The Morgan fingerprint density at radius 2 is 1.57 bits per heavy atom. The third kappa shape index (κ3) is 3.16. The van der Waals surface area contributed by atoms with Crippen LogP contribution in [0.3, 0.4) is 0 Å². The molecule has 5 heteroatoms. The fourth-order valence-corrected chi connectivity index (χ4v) is 4.19. The molecule has 0 saturated heterocycles. The number of aryl methyl sites for hydroxylation is 1. The SMILES string of the molecule is Cc1ccc2c(c1)C(=O)N(c1ccc(SSC(C)C)cc1)C2=O. The van der Waals surface area contributed by atoms with Gasteiger partial charge in [0.05, 0.1) is 16.8 Å². The quantitative estimate of drug-likeness (QED) is 0.582. The Labute approximate surface area is 143 Å². The van der Waals surface area contributed by atoms with Gasteiger partial charge in [0.2, 0.25) is 0 Å². The van der Waals surface area contributed by atoms with Crippen molar-refractivity contribution in [3.05, 3.63) is 59.2 Å². The van der Waals surface area contributed by atoms with E-state index in [0.717, 1.165) is 10.5 Å². The molecule has 1 heterocycles. The molecule has 1 aliphatic rings. The number of carbonyl (C=O) groups excluding carboxylic acids is 2. The van der Waals surface area contributed by atoms with Crippen LogP contribution in [-0.4, -0.2) is 17.1 Å². The van der Waals surface area contributed by atoms with Crippen molar-refractivity contribution in [1.82, 2.24) is 0 Å². The van der Waals surface area contributed by atoms with E-state index < -0.39 is 0 Å². The molecule has 0 spiro atoms. The Morgan fingerprint density at radius 1 is 0.913 bits per heavy atom. The highest BCUT2D eigenvalue weighted by Crippen LogP contribution is 2.36. The predicted octanol–water partition coefficient (Wildman–Crippen LogP) is 4.94. The molecule has 0 atom stereocenters. The van der Waals surface area contributed by atoms with E-state index in [0.29, 0.717) is 22.1 Å². The van der Waals surface area contributed by atoms with Crippen LogP contribution in [0.25, 0.3) is 0 Å². The Bertz CT molecular complexity index is 769. The topological polar surface area (TPSA) is 37.4 Å². The fourth-order valence-electron chi connectivity index (χ4n) is 2.39. The Balaban J connectivity index is 1.85. The number of anilines is 1. The van der Waals surface area contributed by atoms with Crippen LogP contribution in [0.4, 0.5) is 5.69 Å². The number of fused-ring (bicyclic) bond motifs is 1. The van der Waals surface area contributed by atoms with E-state index in [1.807, 2.05) is 37.3 Å². The molecule has 0 N–H and O–H groups in total. The van der Waals surface area contributed by atoms with Crippen molar-refractivity contribution in [3.8, 4) is 0 Å². The largest absolute Gasteiger partial charge is 0.268 e. The van der Waals surface area contributed by atoms with E-state index in [-0.39, 0.29) is 11.8 Å². The summed E-state index contributed by atoms with van der Waals surface area (Å²) in [5, 5.41) is 0.541. The molecule has 23 heavy (non-hydrogen) atoms. The van der Waals surface area contributed by atoms with E-state index in [1.165, 1.54) is 4.90 Å². The van der Waals surface area contributed by atoms with Gasteiger partial charge in [-0.2, -0.15) is 0 Å². The van der Waals surface area contributed by atoms with Crippen LogP contribution in [-0.2, 0) is 0 Å². The molecule has 0 saturated carbocycles. The second kappa shape index (κ2) is 6.42. The monoisotopic (exact) mass is 343 g/mol. The second-order valence-electron chi connectivity index (χ2n) is 5.72. The van der Waals surface area contributed by atoms with E-state index >= 15 is 0 Å². The molecule has 118 valence electrons. The lowest BCUT2D eigenvalue weighted by Crippen LogP contribution is -2.29. The van der Waals surface area contributed by atoms with Crippen LogP contribution in [0.5, 0.6) is 0 Å². The molecular weight excluding hydrogens is 326 g/mol. The number of hydrogen-bond acceptors (Lipinski definition) is 4. The molecule has 0 radical (unpaired) electrons. The van der Waals surface area contributed by atoms with Crippen molar-refractivity contribution in [2.75, 3.05) is 4.90 Å². The van der Waals surface area contributed by atoms with E-state index in [1.54, 1.807) is 33.7 Å². The minimum Gasteiger partial charge on any atom is -0.268 e. The van der Waals surface area contributed by atoms with Crippen LogP contribution < -0.4 is 4.90 Å².